The Balaban J connectivity index is 1.72. The smallest absolute Gasteiger partial charge is 0.293 e. The first kappa shape index (κ1) is 14.4. The van der Waals surface area contributed by atoms with Crippen LogP contribution >= 0.6 is 0 Å². The van der Waals surface area contributed by atoms with Gasteiger partial charge in [-0.1, -0.05) is 0 Å². The van der Waals surface area contributed by atoms with E-state index >= 15 is 0 Å². The summed E-state index contributed by atoms with van der Waals surface area (Å²) in [4.78, 5) is 11.1. The Morgan fingerprint density at radius 1 is 1.05 bits per heavy atom. The van der Waals surface area contributed by atoms with Gasteiger partial charge in [-0.05, 0) is 62.2 Å². The predicted molar refractivity (Wildman–Crippen MR) is 79.1 cm³/mol. The second kappa shape index (κ2) is 5.01. The van der Waals surface area contributed by atoms with E-state index in [9.17, 15) is 4.79 Å². The molecule has 0 N–H and O–H groups in total. The minimum Gasteiger partial charge on any atom is -0.461 e. The second-order valence-electron chi connectivity index (χ2n) is 8.59. The second-order valence-corrected chi connectivity index (χ2v) is 8.59. The Kier molecular flexibility index (Phi) is 3.60. The normalized spacial score (nSPS) is 42.8. The summed E-state index contributed by atoms with van der Waals surface area (Å²) in [7, 11) is 6.72. The largest absolute Gasteiger partial charge is 0.461 e. The molecule has 0 amide bonds. The van der Waals surface area contributed by atoms with Crippen LogP contribution in [0.4, 0.5) is 0 Å². The van der Waals surface area contributed by atoms with Crippen LogP contribution in [0, 0.1) is 23.7 Å². The number of ether oxygens (including phenoxy) is 1. The molecule has 0 aromatic carbocycles. The van der Waals surface area contributed by atoms with Crippen molar-refractivity contribution in [3.63, 3.8) is 0 Å². The zero-order valence-corrected chi connectivity index (χ0v) is 13.3. The highest BCUT2D eigenvalue weighted by Gasteiger charge is 2.58. The van der Waals surface area contributed by atoms with Crippen LogP contribution in [0.2, 0.25) is 0 Å². The van der Waals surface area contributed by atoms with Gasteiger partial charge in [0.15, 0.2) is 0 Å². The maximum Gasteiger partial charge on any atom is 0.293 e. The summed E-state index contributed by atoms with van der Waals surface area (Å²) in [6, 6.07) is 0. The standard InChI is InChI=1S/C17H30NO2/c1-18(2,3)6-4-5-17(20-12-19)15-8-13-7-14(10-15)11-16(17)9-13/h12-16H,4-11H2,1-3H3/q+1. The summed E-state index contributed by atoms with van der Waals surface area (Å²) in [5, 5.41) is 0. The molecule has 0 radical (unpaired) electrons. The Bertz CT molecular complexity index is 344. The maximum absolute atomic E-state index is 11.1. The minimum atomic E-state index is -0.107. The number of nitrogens with zero attached hydrogens (tertiary/aromatic N) is 1. The van der Waals surface area contributed by atoms with Crippen LogP contribution in [-0.4, -0.2) is 44.2 Å². The molecular formula is C17H30NO2+. The lowest BCUT2D eigenvalue weighted by Gasteiger charge is -2.60. The Morgan fingerprint density at radius 2 is 1.60 bits per heavy atom. The van der Waals surface area contributed by atoms with Crippen LogP contribution in [0.25, 0.3) is 0 Å². The van der Waals surface area contributed by atoms with E-state index in [0.29, 0.717) is 11.8 Å². The van der Waals surface area contributed by atoms with Gasteiger partial charge >= 0.3 is 0 Å². The SMILES string of the molecule is C[N+](C)(C)CCCC1(OC=O)C2CC3CC(C2)CC1C3. The monoisotopic (exact) mass is 280 g/mol. The number of hydrogen-bond donors (Lipinski definition) is 0. The van der Waals surface area contributed by atoms with Crippen molar-refractivity contribution in [3.8, 4) is 0 Å². The highest BCUT2D eigenvalue weighted by atomic mass is 16.5. The number of hydrogen-bond acceptors (Lipinski definition) is 2. The van der Waals surface area contributed by atoms with Crippen molar-refractivity contribution in [1.82, 2.24) is 0 Å². The summed E-state index contributed by atoms with van der Waals surface area (Å²) in [6.07, 6.45) is 8.94. The van der Waals surface area contributed by atoms with Gasteiger partial charge in [0, 0.05) is 6.42 Å². The summed E-state index contributed by atoms with van der Waals surface area (Å²) < 4.78 is 6.83. The van der Waals surface area contributed by atoms with Crippen molar-refractivity contribution in [2.75, 3.05) is 27.7 Å². The van der Waals surface area contributed by atoms with E-state index in [1.807, 2.05) is 0 Å². The Hall–Kier alpha value is -0.570. The highest BCUT2D eigenvalue weighted by Crippen LogP contribution is 2.60. The molecule has 4 bridgehead atoms. The van der Waals surface area contributed by atoms with Crippen molar-refractivity contribution in [2.45, 2.75) is 50.5 Å². The van der Waals surface area contributed by atoms with Crippen molar-refractivity contribution in [3.05, 3.63) is 0 Å². The van der Waals surface area contributed by atoms with E-state index in [1.165, 1.54) is 38.5 Å². The molecule has 0 unspecified atom stereocenters. The molecule has 4 aliphatic carbocycles. The van der Waals surface area contributed by atoms with Crippen LogP contribution in [0.5, 0.6) is 0 Å². The average Bonchev–Trinajstić information content (AvgIpc) is 2.33. The molecule has 0 spiro atoms. The van der Waals surface area contributed by atoms with Gasteiger partial charge in [-0.3, -0.25) is 4.79 Å². The summed E-state index contributed by atoms with van der Waals surface area (Å²) in [5.74, 6) is 3.16. The quantitative estimate of drug-likeness (QED) is 0.552. The van der Waals surface area contributed by atoms with Gasteiger partial charge in [0.05, 0.1) is 27.7 Å². The van der Waals surface area contributed by atoms with Crippen LogP contribution in [0.1, 0.15) is 44.9 Å². The van der Waals surface area contributed by atoms with Crippen LogP contribution in [0.15, 0.2) is 0 Å². The van der Waals surface area contributed by atoms with E-state index in [1.54, 1.807) is 0 Å². The van der Waals surface area contributed by atoms with E-state index in [4.69, 9.17) is 4.74 Å². The van der Waals surface area contributed by atoms with Gasteiger partial charge in [0.1, 0.15) is 5.60 Å². The first-order valence-electron chi connectivity index (χ1n) is 8.35. The molecule has 3 heteroatoms. The number of quaternary nitrogens is 1. The first-order valence-corrected chi connectivity index (χ1v) is 8.35. The fraction of sp³-hybridized carbons (Fsp3) is 0.941. The van der Waals surface area contributed by atoms with Gasteiger partial charge in [-0.15, -0.1) is 0 Å². The molecule has 0 saturated heterocycles. The zero-order chi connectivity index (χ0) is 14.4. The molecule has 4 saturated carbocycles. The third-order valence-electron chi connectivity index (χ3n) is 6.18. The predicted octanol–water partition coefficient (Wildman–Crippen LogP) is 2.84. The third kappa shape index (κ3) is 2.49. The molecule has 0 aliphatic heterocycles. The fourth-order valence-corrected chi connectivity index (χ4v) is 5.56. The lowest BCUT2D eigenvalue weighted by atomic mass is 9.49. The molecule has 4 fully saturated rings. The highest BCUT2D eigenvalue weighted by molar-refractivity contribution is 5.39. The van der Waals surface area contributed by atoms with Gasteiger partial charge < -0.3 is 9.22 Å². The summed E-state index contributed by atoms with van der Waals surface area (Å²) in [6.45, 7) is 1.91. The van der Waals surface area contributed by atoms with Gasteiger partial charge in [0.2, 0.25) is 0 Å². The minimum absolute atomic E-state index is 0.107. The molecule has 0 aromatic rings. The van der Waals surface area contributed by atoms with E-state index in [-0.39, 0.29) is 5.60 Å². The lowest BCUT2D eigenvalue weighted by molar-refractivity contribution is -0.870. The number of rotatable bonds is 6. The molecule has 20 heavy (non-hydrogen) atoms. The Labute approximate surface area is 123 Å². The number of carbonyl (C=O) groups excluding carboxylic acids is 1. The number of carbonyl (C=O) groups is 1. The molecule has 0 atom stereocenters. The van der Waals surface area contributed by atoms with Crippen LogP contribution in [-0.2, 0) is 9.53 Å². The van der Waals surface area contributed by atoms with Crippen LogP contribution in [0.3, 0.4) is 0 Å². The Morgan fingerprint density at radius 3 is 2.05 bits per heavy atom. The topological polar surface area (TPSA) is 26.3 Å². The van der Waals surface area contributed by atoms with Gasteiger partial charge in [0.25, 0.3) is 6.47 Å². The molecule has 3 nitrogen and oxygen atoms in total. The molecule has 0 aromatic heterocycles. The van der Waals surface area contributed by atoms with Gasteiger partial charge in [-0.2, -0.15) is 0 Å². The maximum atomic E-state index is 11.1. The molecule has 4 aliphatic rings. The molecule has 114 valence electrons. The lowest BCUT2D eigenvalue weighted by Crippen LogP contribution is -2.59. The van der Waals surface area contributed by atoms with Gasteiger partial charge in [-0.25, -0.2) is 0 Å². The van der Waals surface area contributed by atoms with E-state index < -0.39 is 0 Å². The first-order chi connectivity index (χ1) is 9.43. The summed E-state index contributed by atoms with van der Waals surface area (Å²) >= 11 is 0. The molecular weight excluding hydrogens is 250 g/mol. The molecule has 0 heterocycles. The van der Waals surface area contributed by atoms with E-state index in [2.05, 4.69) is 21.1 Å². The van der Waals surface area contributed by atoms with Crippen molar-refractivity contribution < 1.29 is 14.0 Å². The molecule has 4 rings (SSSR count). The zero-order valence-electron chi connectivity index (χ0n) is 13.3. The van der Waals surface area contributed by atoms with Crippen molar-refractivity contribution >= 4 is 6.47 Å². The third-order valence-corrected chi connectivity index (χ3v) is 6.18. The van der Waals surface area contributed by atoms with E-state index in [0.717, 1.165) is 35.8 Å². The van der Waals surface area contributed by atoms with Crippen molar-refractivity contribution in [1.29, 1.82) is 0 Å². The van der Waals surface area contributed by atoms with Crippen LogP contribution < -0.4 is 0 Å². The summed E-state index contributed by atoms with van der Waals surface area (Å²) in [5.41, 5.74) is -0.107. The fourth-order valence-electron chi connectivity index (χ4n) is 5.56. The van der Waals surface area contributed by atoms with Crippen molar-refractivity contribution in [2.24, 2.45) is 23.7 Å². The average molecular weight is 280 g/mol.